The lowest BCUT2D eigenvalue weighted by Gasteiger charge is -2.27. The van der Waals surface area contributed by atoms with Gasteiger partial charge < -0.3 is 60.5 Å². The van der Waals surface area contributed by atoms with E-state index in [0.29, 0.717) is 42.1 Å². The normalized spacial score (nSPS) is 15.1. The molecule has 76 heavy (non-hydrogen) atoms. The molecule has 0 heterocycles. The first-order valence-corrected chi connectivity index (χ1v) is 26.1. The standard InChI is InChI=1S/C60H85N3O13/c1-37(61)30-76-50(35-72-33-40(4)74-31-38(2)62-51(42-14-22-46(23-15-42)53(64)57(6,7)68)43-16-24-47(25-17-43)54(65)58(8,9)69)36-73-34-41(5)75-32-39(3)63-52(44-18-26-48(27-19-44)55(66)59(10,11)70)45-20-28-49(29-21-45)56(67)60(12,13)71/h14-29,37-41,50-52,62-63,68-71H,30-36,61H2,1-13H3. The highest BCUT2D eigenvalue weighted by molar-refractivity contribution is 6.03. The fourth-order valence-corrected chi connectivity index (χ4v) is 8.03. The minimum absolute atomic E-state index is 0.171. The van der Waals surface area contributed by atoms with Crippen molar-refractivity contribution in [1.29, 1.82) is 0 Å². The van der Waals surface area contributed by atoms with Crippen molar-refractivity contribution in [3.8, 4) is 0 Å². The summed E-state index contributed by atoms with van der Waals surface area (Å²) < 4.78 is 30.7. The molecule has 0 fully saturated rings. The van der Waals surface area contributed by atoms with Gasteiger partial charge in [0.25, 0.3) is 0 Å². The minimum Gasteiger partial charge on any atom is -0.382 e. The number of hydrogen-bond acceptors (Lipinski definition) is 16. The van der Waals surface area contributed by atoms with Gasteiger partial charge in [-0.25, -0.2) is 0 Å². The second-order valence-corrected chi connectivity index (χ2v) is 22.3. The van der Waals surface area contributed by atoms with Gasteiger partial charge in [0.2, 0.25) is 0 Å². The molecule has 0 aliphatic carbocycles. The van der Waals surface area contributed by atoms with Crippen molar-refractivity contribution < 1.29 is 63.3 Å². The SMILES string of the molecule is CC(N)COC(COCC(C)OCC(C)NC(c1ccc(C(=O)C(C)(C)O)cc1)c1ccc(C(=O)C(C)(C)O)cc1)COCC(C)OCC(C)NC(c1ccc(C(=O)C(C)(C)O)cc1)c1ccc(C(=O)C(C)(C)O)cc1. The van der Waals surface area contributed by atoms with Gasteiger partial charge in [-0.15, -0.1) is 0 Å². The molecule has 5 unspecified atom stereocenters. The Morgan fingerprint density at radius 1 is 0.408 bits per heavy atom. The van der Waals surface area contributed by atoms with E-state index in [9.17, 15) is 39.6 Å². The molecule has 0 amide bonds. The van der Waals surface area contributed by atoms with Crippen LogP contribution >= 0.6 is 0 Å². The number of carbonyl (C=O) groups is 4. The molecule has 0 aromatic heterocycles. The van der Waals surface area contributed by atoms with Gasteiger partial charge in [0.05, 0.1) is 70.5 Å². The van der Waals surface area contributed by atoms with Crippen LogP contribution in [0.25, 0.3) is 0 Å². The Balaban J connectivity index is 1.31. The Bertz CT molecular complexity index is 2140. The summed E-state index contributed by atoms with van der Waals surface area (Å²) in [4.78, 5) is 51.1. The van der Waals surface area contributed by atoms with Crippen molar-refractivity contribution in [3.05, 3.63) is 142 Å². The molecule has 16 heteroatoms. The molecule has 4 aromatic carbocycles. The van der Waals surface area contributed by atoms with E-state index < -0.39 is 51.6 Å². The van der Waals surface area contributed by atoms with E-state index in [2.05, 4.69) is 10.6 Å². The van der Waals surface area contributed by atoms with Gasteiger partial charge in [-0.1, -0.05) is 97.1 Å². The van der Waals surface area contributed by atoms with Gasteiger partial charge in [-0.05, 0) is 112 Å². The Kier molecular flexibility index (Phi) is 23.5. The number of rotatable bonds is 33. The van der Waals surface area contributed by atoms with Crippen LogP contribution in [0.1, 0.15) is 166 Å². The molecule has 418 valence electrons. The van der Waals surface area contributed by atoms with E-state index in [1.54, 1.807) is 48.5 Å². The minimum atomic E-state index is -1.52. The number of Topliss-reactive ketones (excluding diaryl/α,β-unsaturated/α-hetero) is 4. The lowest BCUT2D eigenvalue weighted by atomic mass is 9.91. The molecule has 5 atom stereocenters. The lowest BCUT2D eigenvalue weighted by molar-refractivity contribution is -0.0926. The maximum absolute atomic E-state index is 12.8. The van der Waals surface area contributed by atoms with Gasteiger partial charge in [0.15, 0.2) is 23.1 Å². The molecule has 0 bridgehead atoms. The molecule has 4 aromatic rings. The van der Waals surface area contributed by atoms with Crippen LogP contribution in [0.3, 0.4) is 0 Å². The van der Waals surface area contributed by atoms with Crippen LogP contribution in [-0.4, -0.2) is 149 Å². The maximum Gasteiger partial charge on any atom is 0.193 e. The first kappa shape index (κ1) is 63.6. The molecular formula is C60H85N3O13. The molecule has 16 nitrogen and oxygen atoms in total. The van der Waals surface area contributed by atoms with E-state index in [0.717, 1.165) is 22.3 Å². The third-order valence-corrected chi connectivity index (χ3v) is 12.3. The number of aliphatic hydroxyl groups is 4. The van der Waals surface area contributed by atoms with E-state index >= 15 is 0 Å². The summed E-state index contributed by atoms with van der Waals surface area (Å²) in [7, 11) is 0. The first-order chi connectivity index (χ1) is 35.3. The Morgan fingerprint density at radius 3 is 0.882 bits per heavy atom. The highest BCUT2D eigenvalue weighted by Gasteiger charge is 2.30. The summed E-state index contributed by atoms with van der Waals surface area (Å²) in [6, 6.07) is 26.9. The second kappa shape index (κ2) is 28.1. The largest absolute Gasteiger partial charge is 0.382 e. The third-order valence-electron chi connectivity index (χ3n) is 12.3. The predicted octanol–water partition coefficient (Wildman–Crippen LogP) is 6.91. The van der Waals surface area contributed by atoms with Gasteiger partial charge >= 0.3 is 0 Å². The first-order valence-electron chi connectivity index (χ1n) is 26.1. The zero-order valence-corrected chi connectivity index (χ0v) is 46.8. The van der Waals surface area contributed by atoms with Crippen LogP contribution in [0.5, 0.6) is 0 Å². The summed E-state index contributed by atoms with van der Waals surface area (Å²) >= 11 is 0. The lowest BCUT2D eigenvalue weighted by Crippen LogP contribution is -2.37. The van der Waals surface area contributed by atoms with Crippen LogP contribution < -0.4 is 16.4 Å². The highest BCUT2D eigenvalue weighted by atomic mass is 16.6. The molecular weight excluding hydrogens is 971 g/mol. The topological polar surface area (TPSA) is 245 Å². The summed E-state index contributed by atoms with van der Waals surface area (Å²) in [5, 5.41) is 48.5. The number of nitrogens with one attached hydrogen (secondary N) is 2. The molecule has 0 saturated heterocycles. The average molecular weight is 1060 g/mol. The second-order valence-electron chi connectivity index (χ2n) is 22.3. The average Bonchev–Trinajstić information content (AvgIpc) is 3.35. The maximum atomic E-state index is 12.8. The van der Waals surface area contributed by atoms with Crippen molar-refractivity contribution in [1.82, 2.24) is 10.6 Å². The van der Waals surface area contributed by atoms with E-state index in [1.807, 2.05) is 83.1 Å². The number of hydrogen-bond donors (Lipinski definition) is 7. The molecule has 0 saturated carbocycles. The zero-order valence-electron chi connectivity index (χ0n) is 46.8. The van der Waals surface area contributed by atoms with Crippen LogP contribution in [-0.2, 0) is 23.7 Å². The van der Waals surface area contributed by atoms with E-state index in [4.69, 9.17) is 29.4 Å². The molecule has 0 radical (unpaired) electrons. The quantitative estimate of drug-likeness (QED) is 0.0240. The van der Waals surface area contributed by atoms with Crippen molar-refractivity contribution in [2.75, 3.05) is 46.2 Å². The Labute approximate surface area is 450 Å². The van der Waals surface area contributed by atoms with Gasteiger partial charge in [-0.2, -0.15) is 0 Å². The monoisotopic (exact) mass is 1060 g/mol. The predicted molar refractivity (Wildman–Crippen MR) is 293 cm³/mol. The van der Waals surface area contributed by atoms with Crippen molar-refractivity contribution >= 4 is 23.1 Å². The van der Waals surface area contributed by atoms with Crippen molar-refractivity contribution in [2.45, 2.75) is 161 Å². The third kappa shape index (κ3) is 20.1. The molecule has 0 aliphatic heterocycles. The van der Waals surface area contributed by atoms with Crippen LogP contribution in [0.4, 0.5) is 0 Å². The van der Waals surface area contributed by atoms with Gasteiger partial charge in [0.1, 0.15) is 28.5 Å². The molecule has 0 aliphatic rings. The highest BCUT2D eigenvalue weighted by Crippen LogP contribution is 2.28. The van der Waals surface area contributed by atoms with E-state index in [-0.39, 0.29) is 68.8 Å². The summed E-state index contributed by atoms with van der Waals surface area (Å²) in [6.45, 7) is 23.3. The Morgan fingerprint density at radius 2 is 0.658 bits per heavy atom. The fraction of sp³-hybridized carbons (Fsp3) is 0.533. The summed E-state index contributed by atoms with van der Waals surface area (Å²) in [6.07, 6.45) is -0.992. The van der Waals surface area contributed by atoms with Gasteiger partial charge in [0, 0.05) is 40.4 Å². The van der Waals surface area contributed by atoms with Crippen LogP contribution in [0.2, 0.25) is 0 Å². The number of benzene rings is 4. The molecule has 8 N–H and O–H groups in total. The van der Waals surface area contributed by atoms with Crippen molar-refractivity contribution in [2.24, 2.45) is 5.73 Å². The number of ether oxygens (including phenoxy) is 5. The Hall–Kier alpha value is -4.92. The van der Waals surface area contributed by atoms with E-state index in [1.165, 1.54) is 55.4 Å². The number of carbonyl (C=O) groups excluding carboxylic acids is 4. The van der Waals surface area contributed by atoms with Crippen LogP contribution in [0.15, 0.2) is 97.1 Å². The van der Waals surface area contributed by atoms with Crippen molar-refractivity contribution in [3.63, 3.8) is 0 Å². The van der Waals surface area contributed by atoms with Crippen LogP contribution in [0, 0.1) is 0 Å². The summed E-state index contributed by atoms with van der Waals surface area (Å²) in [5.74, 6) is -1.58. The number of ketones is 4. The smallest absolute Gasteiger partial charge is 0.193 e. The molecule has 4 rings (SSSR count). The number of nitrogens with two attached hydrogens (primary N) is 1. The fourth-order valence-electron chi connectivity index (χ4n) is 8.03. The zero-order chi connectivity index (χ0) is 56.8. The van der Waals surface area contributed by atoms with Gasteiger partial charge in [-0.3, -0.25) is 19.2 Å². The molecule has 0 spiro atoms. The summed E-state index contributed by atoms with van der Waals surface area (Å²) in [5.41, 5.74) is 4.85.